The number of rotatable bonds is 4. The Morgan fingerprint density at radius 2 is 2.00 bits per heavy atom. The van der Waals surface area contributed by atoms with Gasteiger partial charge in [-0.3, -0.25) is 0 Å². The van der Waals surface area contributed by atoms with E-state index in [1.807, 2.05) is 13.0 Å². The Morgan fingerprint density at radius 1 is 1.32 bits per heavy atom. The molecule has 0 spiro atoms. The summed E-state index contributed by atoms with van der Waals surface area (Å²) in [7, 11) is 0. The van der Waals surface area contributed by atoms with Gasteiger partial charge in [0.05, 0.1) is 11.3 Å². The number of nitrogens with one attached hydrogen (secondary N) is 1. The smallest absolute Gasteiger partial charge is 0.335 e. The second-order valence-corrected chi connectivity index (χ2v) is 4.25. The van der Waals surface area contributed by atoms with Crippen molar-refractivity contribution in [2.45, 2.75) is 13.5 Å². The van der Waals surface area contributed by atoms with Crippen molar-refractivity contribution in [3.8, 4) is 0 Å². The molecule has 19 heavy (non-hydrogen) atoms. The number of carbonyl (C=O) groups is 1. The molecular formula is C14H15N3O2. The largest absolute Gasteiger partial charge is 0.478 e. The standard InChI is InChI=1S/C14H15N3O2/c1-9-6-7-16-13(12(9)15)17-8-10-2-4-11(5-3-10)14(18)19/h2-7H,8,15H2,1H3,(H,16,17)(H,18,19). The van der Waals surface area contributed by atoms with E-state index in [1.54, 1.807) is 30.5 Å². The number of carboxylic acids is 1. The van der Waals surface area contributed by atoms with Gasteiger partial charge in [-0.05, 0) is 36.2 Å². The van der Waals surface area contributed by atoms with Crippen molar-refractivity contribution in [1.82, 2.24) is 4.98 Å². The highest BCUT2D eigenvalue weighted by atomic mass is 16.4. The first kappa shape index (κ1) is 12.9. The summed E-state index contributed by atoms with van der Waals surface area (Å²) in [5.74, 6) is -0.286. The average molecular weight is 257 g/mol. The van der Waals surface area contributed by atoms with Gasteiger partial charge in [-0.25, -0.2) is 9.78 Å². The van der Waals surface area contributed by atoms with E-state index in [9.17, 15) is 4.79 Å². The van der Waals surface area contributed by atoms with Gasteiger partial charge in [-0.2, -0.15) is 0 Å². The molecule has 0 radical (unpaired) electrons. The predicted octanol–water partition coefficient (Wildman–Crippen LogP) is 2.28. The number of aryl methyl sites for hydroxylation is 1. The maximum atomic E-state index is 10.7. The topological polar surface area (TPSA) is 88.2 Å². The van der Waals surface area contributed by atoms with Crippen molar-refractivity contribution in [2.75, 3.05) is 11.1 Å². The van der Waals surface area contributed by atoms with Crippen molar-refractivity contribution in [2.24, 2.45) is 0 Å². The highest BCUT2D eigenvalue weighted by molar-refractivity contribution is 5.87. The van der Waals surface area contributed by atoms with E-state index >= 15 is 0 Å². The fourth-order valence-corrected chi connectivity index (χ4v) is 1.66. The molecule has 5 nitrogen and oxygen atoms in total. The Labute approximate surface area is 111 Å². The predicted molar refractivity (Wildman–Crippen MR) is 74.1 cm³/mol. The summed E-state index contributed by atoms with van der Waals surface area (Å²) in [5.41, 5.74) is 8.75. The van der Waals surface area contributed by atoms with Crippen LogP contribution in [0.1, 0.15) is 21.5 Å². The molecule has 0 bridgehead atoms. The van der Waals surface area contributed by atoms with E-state index < -0.39 is 5.97 Å². The number of pyridine rings is 1. The second kappa shape index (κ2) is 5.39. The Hall–Kier alpha value is -2.56. The Kier molecular flexibility index (Phi) is 3.66. The van der Waals surface area contributed by atoms with Gasteiger partial charge < -0.3 is 16.2 Å². The number of hydrogen-bond donors (Lipinski definition) is 3. The van der Waals surface area contributed by atoms with Crippen LogP contribution >= 0.6 is 0 Å². The van der Waals surface area contributed by atoms with Crippen molar-refractivity contribution in [3.63, 3.8) is 0 Å². The van der Waals surface area contributed by atoms with Crippen molar-refractivity contribution >= 4 is 17.5 Å². The van der Waals surface area contributed by atoms with Crippen LogP contribution in [-0.2, 0) is 6.54 Å². The first-order valence-corrected chi connectivity index (χ1v) is 5.85. The summed E-state index contributed by atoms with van der Waals surface area (Å²) in [4.78, 5) is 14.9. The number of aromatic nitrogens is 1. The lowest BCUT2D eigenvalue weighted by Crippen LogP contribution is -2.06. The van der Waals surface area contributed by atoms with E-state index in [0.29, 0.717) is 18.1 Å². The lowest BCUT2D eigenvalue weighted by Gasteiger charge is -2.10. The summed E-state index contributed by atoms with van der Waals surface area (Å²) in [6.45, 7) is 2.46. The van der Waals surface area contributed by atoms with E-state index in [-0.39, 0.29) is 5.56 Å². The second-order valence-electron chi connectivity index (χ2n) is 4.25. The van der Waals surface area contributed by atoms with Crippen molar-refractivity contribution in [3.05, 3.63) is 53.2 Å². The first-order chi connectivity index (χ1) is 9.08. The van der Waals surface area contributed by atoms with Crippen LogP contribution in [0.3, 0.4) is 0 Å². The Balaban J connectivity index is 2.06. The summed E-state index contributed by atoms with van der Waals surface area (Å²) in [6.07, 6.45) is 1.70. The lowest BCUT2D eigenvalue weighted by molar-refractivity contribution is 0.0697. The van der Waals surface area contributed by atoms with Crippen LogP contribution in [-0.4, -0.2) is 16.1 Å². The van der Waals surface area contributed by atoms with Crippen LogP contribution in [0.5, 0.6) is 0 Å². The minimum Gasteiger partial charge on any atom is -0.478 e. The molecule has 1 aromatic heterocycles. The summed E-state index contributed by atoms with van der Waals surface area (Å²) >= 11 is 0. The Bertz CT molecular complexity index is 594. The molecule has 0 atom stereocenters. The van der Waals surface area contributed by atoms with Crippen LogP contribution in [0.25, 0.3) is 0 Å². The molecule has 4 N–H and O–H groups in total. The van der Waals surface area contributed by atoms with E-state index in [0.717, 1.165) is 11.1 Å². The maximum absolute atomic E-state index is 10.7. The van der Waals surface area contributed by atoms with Gasteiger partial charge >= 0.3 is 5.97 Å². The Morgan fingerprint density at radius 3 is 2.63 bits per heavy atom. The third-order valence-electron chi connectivity index (χ3n) is 2.87. The number of nitrogens with two attached hydrogens (primary N) is 1. The van der Waals surface area contributed by atoms with Crippen LogP contribution in [0.2, 0.25) is 0 Å². The fourth-order valence-electron chi connectivity index (χ4n) is 1.66. The molecule has 0 saturated heterocycles. The molecular weight excluding hydrogens is 242 g/mol. The SMILES string of the molecule is Cc1ccnc(NCc2ccc(C(=O)O)cc2)c1N. The zero-order valence-electron chi connectivity index (χ0n) is 10.6. The van der Waals surface area contributed by atoms with E-state index in [4.69, 9.17) is 10.8 Å². The number of benzene rings is 1. The van der Waals surface area contributed by atoms with E-state index in [1.165, 1.54) is 0 Å². The van der Waals surface area contributed by atoms with Gasteiger partial charge in [-0.15, -0.1) is 0 Å². The molecule has 5 heteroatoms. The average Bonchev–Trinajstić information content (AvgIpc) is 2.41. The highest BCUT2D eigenvalue weighted by Crippen LogP contribution is 2.19. The van der Waals surface area contributed by atoms with Crippen LogP contribution in [0.4, 0.5) is 11.5 Å². The first-order valence-electron chi connectivity index (χ1n) is 5.85. The number of anilines is 2. The number of aromatic carboxylic acids is 1. The normalized spacial score (nSPS) is 10.2. The lowest BCUT2D eigenvalue weighted by atomic mass is 10.1. The van der Waals surface area contributed by atoms with Gasteiger partial charge in [0.2, 0.25) is 0 Å². The molecule has 0 aliphatic heterocycles. The molecule has 1 heterocycles. The fraction of sp³-hybridized carbons (Fsp3) is 0.143. The monoisotopic (exact) mass is 257 g/mol. The molecule has 1 aromatic carbocycles. The molecule has 0 fully saturated rings. The highest BCUT2D eigenvalue weighted by Gasteiger charge is 2.04. The zero-order valence-corrected chi connectivity index (χ0v) is 10.6. The molecule has 0 aliphatic carbocycles. The van der Waals surface area contributed by atoms with Gasteiger partial charge in [0.15, 0.2) is 0 Å². The number of hydrogen-bond acceptors (Lipinski definition) is 4. The zero-order chi connectivity index (χ0) is 13.8. The van der Waals surface area contributed by atoms with Gasteiger partial charge in [0.25, 0.3) is 0 Å². The molecule has 98 valence electrons. The number of nitrogen functional groups attached to an aromatic ring is 1. The molecule has 0 saturated carbocycles. The molecule has 2 aromatic rings. The summed E-state index contributed by atoms with van der Waals surface area (Å²) in [6, 6.07) is 8.53. The number of carboxylic acid groups (broad SMARTS) is 1. The maximum Gasteiger partial charge on any atom is 0.335 e. The van der Waals surface area contributed by atoms with Crippen LogP contribution in [0.15, 0.2) is 36.5 Å². The summed E-state index contributed by atoms with van der Waals surface area (Å²) in [5, 5.41) is 11.9. The van der Waals surface area contributed by atoms with Gasteiger partial charge in [-0.1, -0.05) is 12.1 Å². The third kappa shape index (κ3) is 3.01. The third-order valence-corrected chi connectivity index (χ3v) is 2.87. The summed E-state index contributed by atoms with van der Waals surface area (Å²) < 4.78 is 0. The minimum absolute atomic E-state index is 0.275. The van der Waals surface area contributed by atoms with Crippen molar-refractivity contribution in [1.29, 1.82) is 0 Å². The van der Waals surface area contributed by atoms with E-state index in [2.05, 4.69) is 10.3 Å². The minimum atomic E-state index is -0.927. The van der Waals surface area contributed by atoms with Gasteiger partial charge in [0, 0.05) is 12.7 Å². The van der Waals surface area contributed by atoms with Gasteiger partial charge in [0.1, 0.15) is 5.82 Å². The molecule has 2 rings (SSSR count). The molecule has 0 aliphatic rings. The van der Waals surface area contributed by atoms with Crippen molar-refractivity contribution < 1.29 is 9.90 Å². The molecule has 0 unspecified atom stereocenters. The van der Waals surface area contributed by atoms with Crippen LogP contribution in [0, 0.1) is 6.92 Å². The number of nitrogens with zero attached hydrogens (tertiary/aromatic N) is 1. The molecule has 0 amide bonds. The quantitative estimate of drug-likeness (QED) is 0.782. The van der Waals surface area contributed by atoms with Crippen LogP contribution < -0.4 is 11.1 Å².